The van der Waals surface area contributed by atoms with E-state index >= 15 is 4.39 Å². The molecule has 2 aromatic heterocycles. The minimum atomic E-state index is -4.25. The van der Waals surface area contributed by atoms with Crippen molar-refractivity contribution in [1.29, 1.82) is 5.26 Å². The summed E-state index contributed by atoms with van der Waals surface area (Å²) in [6.45, 7) is 3.16. The third kappa shape index (κ3) is 7.23. The van der Waals surface area contributed by atoms with E-state index in [-0.39, 0.29) is 60.0 Å². The lowest BCUT2D eigenvalue weighted by molar-refractivity contribution is -0.136. The molecule has 17 nitrogen and oxygen atoms in total. The number of benzene rings is 3. The van der Waals surface area contributed by atoms with Crippen LogP contribution in [0.1, 0.15) is 53.6 Å². The third-order valence-corrected chi connectivity index (χ3v) is 14.4. The van der Waals surface area contributed by atoms with Crippen LogP contribution in [0.5, 0.6) is 11.5 Å². The lowest BCUT2D eigenvalue weighted by Crippen LogP contribution is -2.60. The maximum atomic E-state index is 15.2. The molecule has 0 saturated carbocycles. The molecule has 4 saturated heterocycles. The van der Waals surface area contributed by atoms with Crippen LogP contribution in [0.15, 0.2) is 78.0 Å². The molecule has 3 amide bonds. The fourth-order valence-electron chi connectivity index (χ4n) is 9.46. The van der Waals surface area contributed by atoms with Crippen LogP contribution in [0.4, 0.5) is 26.0 Å². The van der Waals surface area contributed by atoms with Gasteiger partial charge in [0, 0.05) is 74.5 Å². The van der Waals surface area contributed by atoms with Gasteiger partial charge in [0.1, 0.15) is 41.7 Å². The van der Waals surface area contributed by atoms with Gasteiger partial charge in [-0.3, -0.25) is 33.8 Å². The summed E-state index contributed by atoms with van der Waals surface area (Å²) in [6, 6.07) is 16.8. The Hall–Kier alpha value is -6.98. The van der Waals surface area contributed by atoms with Crippen molar-refractivity contribution in [2.24, 2.45) is 5.41 Å². The average Bonchev–Trinajstić information content (AvgIpc) is 3.87. The number of halogens is 2. The topological polar surface area (TPSA) is 203 Å². The first-order valence-electron chi connectivity index (χ1n) is 20.9. The number of imide groups is 1. The van der Waals surface area contributed by atoms with E-state index in [0.29, 0.717) is 29.7 Å². The summed E-state index contributed by atoms with van der Waals surface area (Å²) in [4.78, 5) is 66.7. The minimum absolute atomic E-state index is 0.00972. The Labute approximate surface area is 365 Å². The Morgan fingerprint density at radius 2 is 1.77 bits per heavy atom. The lowest BCUT2D eigenvalue weighted by atomic mass is 9.71. The van der Waals surface area contributed by atoms with Gasteiger partial charge < -0.3 is 19.4 Å². The second-order valence-electron chi connectivity index (χ2n) is 16.9. The Kier molecular flexibility index (Phi) is 10.1. The molecule has 5 aliphatic heterocycles. The first-order valence-corrected chi connectivity index (χ1v) is 22.3. The number of ether oxygens (including phenoxy) is 1. The molecule has 7 heterocycles. The smallest absolute Gasteiger partial charge is 0.301 e. The third-order valence-electron chi connectivity index (χ3n) is 13.0. The zero-order chi connectivity index (χ0) is 44.5. The van der Waals surface area contributed by atoms with Crippen LogP contribution >= 0.6 is 0 Å². The number of hydrogen-bond acceptors (Lipinski definition) is 12. The number of amides is 3. The van der Waals surface area contributed by atoms with Gasteiger partial charge in [0.25, 0.3) is 11.5 Å². The molecule has 20 heteroatoms. The second-order valence-corrected chi connectivity index (χ2v) is 18.6. The summed E-state index contributed by atoms with van der Waals surface area (Å²) in [5, 5.41) is 12.4. The number of rotatable bonds is 9. The molecule has 1 unspecified atom stereocenters. The van der Waals surface area contributed by atoms with Gasteiger partial charge in [0.15, 0.2) is 11.6 Å². The minimum Gasteiger partial charge on any atom is -0.453 e. The Morgan fingerprint density at radius 1 is 0.953 bits per heavy atom. The monoisotopic (exact) mass is 890 g/mol. The SMILES string of the molecule is N#Cc1c(NS(=O)(=O)N2CC[C@@H](F)C2)ccc(F)c1Oc1ccc2ncn(-c3ccc(N4CCC5(CC4)CN(c4cccc6c4CN(C4CCC(=O)NC4=O)C6=O)C5)nc3)c(=O)c2c1. The fourth-order valence-corrected chi connectivity index (χ4v) is 10.7. The zero-order valence-electron chi connectivity index (χ0n) is 34.2. The average molecular weight is 891 g/mol. The first-order chi connectivity index (χ1) is 30.8. The summed E-state index contributed by atoms with van der Waals surface area (Å²) in [6.07, 6.45) is 4.07. The molecule has 2 atom stereocenters. The maximum absolute atomic E-state index is 15.2. The number of alkyl halides is 1. The van der Waals surface area contributed by atoms with Crippen LogP contribution in [-0.4, -0.2) is 101 Å². The van der Waals surface area contributed by atoms with E-state index in [1.54, 1.807) is 29.3 Å². The zero-order valence-corrected chi connectivity index (χ0v) is 35.0. The first kappa shape index (κ1) is 41.1. The summed E-state index contributed by atoms with van der Waals surface area (Å²) in [5.74, 6) is -1.70. The molecule has 3 aromatic carbocycles. The Bertz CT molecular complexity index is 2980. The molecule has 5 aromatic rings. The van der Waals surface area contributed by atoms with Crippen molar-refractivity contribution in [1.82, 2.24) is 29.1 Å². The molecule has 4 fully saturated rings. The van der Waals surface area contributed by atoms with Crippen molar-refractivity contribution in [3.8, 4) is 23.3 Å². The van der Waals surface area contributed by atoms with Crippen LogP contribution in [0.2, 0.25) is 0 Å². The van der Waals surface area contributed by atoms with Crippen molar-refractivity contribution in [3.63, 3.8) is 0 Å². The van der Waals surface area contributed by atoms with Gasteiger partial charge in [-0.15, -0.1) is 0 Å². The highest BCUT2D eigenvalue weighted by Crippen LogP contribution is 2.46. The summed E-state index contributed by atoms with van der Waals surface area (Å²) in [5.41, 5.74) is 2.24. The van der Waals surface area contributed by atoms with Gasteiger partial charge in [0.05, 0.1) is 28.5 Å². The van der Waals surface area contributed by atoms with Crippen molar-refractivity contribution in [3.05, 3.63) is 106 Å². The van der Waals surface area contributed by atoms with Gasteiger partial charge in [-0.1, -0.05) is 6.07 Å². The van der Waals surface area contributed by atoms with E-state index in [1.807, 2.05) is 18.2 Å². The molecular formula is C44H40F2N10O7S. The number of piperidine rings is 2. The van der Waals surface area contributed by atoms with Gasteiger partial charge >= 0.3 is 10.2 Å². The lowest BCUT2D eigenvalue weighted by Gasteiger charge is -2.55. The predicted octanol–water partition coefficient (Wildman–Crippen LogP) is 4.15. The normalized spacial score (nSPS) is 20.9. The number of aromatic nitrogens is 3. The van der Waals surface area contributed by atoms with E-state index in [2.05, 4.69) is 24.8 Å². The van der Waals surface area contributed by atoms with Crippen LogP contribution in [0.3, 0.4) is 0 Å². The van der Waals surface area contributed by atoms with Gasteiger partial charge in [0.2, 0.25) is 11.8 Å². The van der Waals surface area contributed by atoms with Gasteiger partial charge in [-0.25, -0.2) is 18.7 Å². The van der Waals surface area contributed by atoms with Crippen molar-refractivity contribution in [2.45, 2.75) is 50.9 Å². The summed E-state index contributed by atoms with van der Waals surface area (Å²) in [7, 11) is -4.25. The Morgan fingerprint density at radius 3 is 2.48 bits per heavy atom. The number of nitrogens with zero attached hydrogens (tertiary/aromatic N) is 8. The molecule has 2 N–H and O–H groups in total. The quantitative estimate of drug-likeness (QED) is 0.201. The number of carbonyl (C=O) groups excluding carboxylic acids is 3. The van der Waals surface area contributed by atoms with Crippen molar-refractivity contribution in [2.75, 3.05) is 53.8 Å². The van der Waals surface area contributed by atoms with Gasteiger partial charge in [-0.05, 0) is 80.3 Å². The van der Waals surface area contributed by atoms with Crippen molar-refractivity contribution >= 4 is 56.0 Å². The molecule has 5 aliphatic rings. The summed E-state index contributed by atoms with van der Waals surface area (Å²) >= 11 is 0. The molecule has 1 spiro atoms. The number of pyridine rings is 1. The predicted molar refractivity (Wildman–Crippen MR) is 229 cm³/mol. The molecule has 328 valence electrons. The van der Waals surface area contributed by atoms with E-state index in [0.717, 1.165) is 72.5 Å². The number of carbonyl (C=O) groups is 3. The van der Waals surface area contributed by atoms with Crippen LogP contribution < -0.4 is 30.1 Å². The largest absolute Gasteiger partial charge is 0.453 e. The number of anilines is 3. The van der Waals surface area contributed by atoms with Crippen molar-refractivity contribution < 1.29 is 36.3 Å². The van der Waals surface area contributed by atoms with E-state index in [9.17, 15) is 37.2 Å². The van der Waals surface area contributed by atoms with E-state index in [4.69, 9.17) is 9.72 Å². The molecule has 10 rings (SSSR count). The number of fused-ring (bicyclic) bond motifs is 2. The number of nitrogens with one attached hydrogen (secondary N) is 2. The van der Waals surface area contributed by atoms with Crippen LogP contribution in [0, 0.1) is 22.6 Å². The number of hydrogen-bond donors (Lipinski definition) is 2. The maximum Gasteiger partial charge on any atom is 0.301 e. The fraction of sp³-hybridized carbons (Fsp3) is 0.341. The molecule has 0 bridgehead atoms. The molecule has 0 aliphatic carbocycles. The number of nitriles is 1. The molecular weight excluding hydrogens is 851 g/mol. The summed E-state index contributed by atoms with van der Waals surface area (Å²) < 4.78 is 65.0. The molecule has 64 heavy (non-hydrogen) atoms. The highest BCUT2D eigenvalue weighted by atomic mass is 32.2. The van der Waals surface area contributed by atoms with Gasteiger partial charge in [-0.2, -0.15) is 18.0 Å². The standard InChI is InChI=1S/C44H40F2N10O7S/c45-26-12-15-54(21-26)64(61,62)51-35-8-6-33(46)40(31(35)19-47)63-28-5-7-34-30(18-28)43(60)56(25-49-34)27-4-10-38(48-20-27)52-16-13-44(14-17-52)23-53(24-44)36-3-1-2-29-32(36)22-55(42(29)59)37-9-11-39(57)50-41(37)58/h1-8,10,18,20,25-26,37,51H,9,11-17,21-24H2,(H,50,57,58)/t26-,37?/m1/s1. The van der Waals surface area contributed by atoms with E-state index in [1.165, 1.54) is 29.1 Å². The van der Waals surface area contributed by atoms with E-state index < -0.39 is 51.0 Å². The molecule has 0 radical (unpaired) electrons. The van der Waals surface area contributed by atoms with Crippen LogP contribution in [-0.2, 0) is 26.3 Å². The second kappa shape index (κ2) is 15.7. The highest BCUT2D eigenvalue weighted by molar-refractivity contribution is 7.90. The highest BCUT2D eigenvalue weighted by Gasteiger charge is 2.47. The van der Waals surface area contributed by atoms with Crippen LogP contribution in [0.25, 0.3) is 16.6 Å². The Balaban J connectivity index is 0.796.